The van der Waals surface area contributed by atoms with Gasteiger partial charge in [-0.2, -0.15) is 0 Å². The molecule has 0 saturated heterocycles. The summed E-state index contributed by atoms with van der Waals surface area (Å²) in [6.07, 6.45) is 0. The van der Waals surface area contributed by atoms with Gasteiger partial charge in [-0.3, -0.25) is 4.79 Å². The van der Waals surface area contributed by atoms with Crippen LogP contribution in [0.5, 0.6) is 5.75 Å². The molecule has 6 nitrogen and oxygen atoms in total. The number of hydrogen-bond donors (Lipinski definition) is 1. The number of carbonyl (C=O) groups is 2. The minimum Gasteiger partial charge on any atom is -0.484 e. The van der Waals surface area contributed by atoms with E-state index in [0.29, 0.717) is 30.2 Å². The van der Waals surface area contributed by atoms with Crippen molar-refractivity contribution in [1.82, 2.24) is 0 Å². The molecule has 0 aliphatic heterocycles. The topological polar surface area (TPSA) is 73.9 Å². The van der Waals surface area contributed by atoms with Crippen molar-refractivity contribution in [2.24, 2.45) is 0 Å². The van der Waals surface area contributed by atoms with Gasteiger partial charge in [-0.15, -0.1) is 0 Å². The second-order valence-electron chi connectivity index (χ2n) is 6.00. The van der Waals surface area contributed by atoms with Crippen molar-refractivity contribution in [2.45, 2.75) is 20.8 Å². The van der Waals surface area contributed by atoms with E-state index in [9.17, 15) is 9.59 Å². The predicted octanol–water partition coefficient (Wildman–Crippen LogP) is 3.51. The van der Waals surface area contributed by atoms with E-state index in [1.54, 1.807) is 24.3 Å². The number of amides is 1. The molecule has 0 fully saturated rings. The number of ether oxygens (including phenoxy) is 3. The molecule has 0 aliphatic rings. The fourth-order valence-corrected chi connectivity index (χ4v) is 2.29. The number of nitrogens with one attached hydrogen (secondary N) is 1. The molecule has 27 heavy (non-hydrogen) atoms. The molecule has 6 heteroatoms. The molecule has 0 saturated carbocycles. The van der Waals surface area contributed by atoms with Crippen LogP contribution in [0.15, 0.2) is 42.5 Å². The third-order valence-electron chi connectivity index (χ3n) is 3.90. The Morgan fingerprint density at radius 1 is 1.00 bits per heavy atom. The summed E-state index contributed by atoms with van der Waals surface area (Å²) in [5.74, 6) is -0.132. The first-order valence-corrected chi connectivity index (χ1v) is 8.84. The molecule has 0 spiro atoms. The average molecular weight is 371 g/mol. The normalized spacial score (nSPS) is 10.3. The van der Waals surface area contributed by atoms with Gasteiger partial charge in [0.15, 0.2) is 6.61 Å². The Morgan fingerprint density at radius 2 is 1.81 bits per heavy atom. The Morgan fingerprint density at radius 3 is 2.56 bits per heavy atom. The number of anilines is 1. The Hall–Kier alpha value is -2.86. The highest BCUT2D eigenvalue weighted by molar-refractivity contribution is 5.95. The summed E-state index contributed by atoms with van der Waals surface area (Å²) in [6, 6.07) is 12.2. The van der Waals surface area contributed by atoms with E-state index < -0.39 is 5.97 Å². The Labute approximate surface area is 159 Å². The highest BCUT2D eigenvalue weighted by atomic mass is 16.6. The second kappa shape index (κ2) is 10.3. The van der Waals surface area contributed by atoms with Gasteiger partial charge in [-0.25, -0.2) is 4.79 Å². The summed E-state index contributed by atoms with van der Waals surface area (Å²) in [5, 5.41) is 2.71. The Kier molecular flexibility index (Phi) is 7.82. The van der Waals surface area contributed by atoms with E-state index >= 15 is 0 Å². The zero-order chi connectivity index (χ0) is 19.6. The van der Waals surface area contributed by atoms with E-state index in [4.69, 9.17) is 14.2 Å². The Balaban J connectivity index is 1.86. The molecule has 0 heterocycles. The quantitative estimate of drug-likeness (QED) is 0.539. The maximum absolute atomic E-state index is 12.1. The molecule has 2 rings (SSSR count). The highest BCUT2D eigenvalue weighted by Gasteiger charge is 2.10. The molecule has 1 N–H and O–H groups in total. The van der Waals surface area contributed by atoms with Gasteiger partial charge in [0.25, 0.3) is 5.91 Å². The third-order valence-corrected chi connectivity index (χ3v) is 3.90. The van der Waals surface area contributed by atoms with Crippen LogP contribution in [0.1, 0.15) is 28.4 Å². The van der Waals surface area contributed by atoms with Gasteiger partial charge in [-0.1, -0.05) is 12.1 Å². The maximum Gasteiger partial charge on any atom is 0.338 e. The summed E-state index contributed by atoms with van der Waals surface area (Å²) in [6.45, 7) is 6.87. The molecule has 2 aromatic rings. The van der Waals surface area contributed by atoms with Crippen molar-refractivity contribution >= 4 is 17.6 Å². The van der Waals surface area contributed by atoms with E-state index in [1.807, 2.05) is 39.0 Å². The van der Waals surface area contributed by atoms with Crippen LogP contribution < -0.4 is 10.1 Å². The van der Waals surface area contributed by atoms with Gasteiger partial charge >= 0.3 is 5.97 Å². The minimum atomic E-state index is -0.461. The molecule has 0 radical (unpaired) electrons. The largest absolute Gasteiger partial charge is 0.484 e. The van der Waals surface area contributed by atoms with Gasteiger partial charge in [-0.05, 0) is 62.2 Å². The molecule has 0 unspecified atom stereocenters. The van der Waals surface area contributed by atoms with Gasteiger partial charge in [0.2, 0.25) is 0 Å². The van der Waals surface area contributed by atoms with Crippen LogP contribution in [-0.4, -0.2) is 38.3 Å². The van der Waals surface area contributed by atoms with Crippen molar-refractivity contribution in [3.8, 4) is 5.75 Å². The van der Waals surface area contributed by atoms with Crippen LogP contribution in [0, 0.1) is 13.8 Å². The van der Waals surface area contributed by atoms with Crippen molar-refractivity contribution in [3.63, 3.8) is 0 Å². The number of carbonyl (C=O) groups excluding carboxylic acids is 2. The molecular formula is C21H25NO5. The predicted molar refractivity (Wildman–Crippen MR) is 103 cm³/mol. The summed E-state index contributed by atoms with van der Waals surface area (Å²) in [4.78, 5) is 24.1. The first-order chi connectivity index (χ1) is 13.0. The minimum absolute atomic E-state index is 0.120. The van der Waals surface area contributed by atoms with Gasteiger partial charge in [0, 0.05) is 12.3 Å². The summed E-state index contributed by atoms with van der Waals surface area (Å²) < 4.78 is 15.8. The fourth-order valence-electron chi connectivity index (χ4n) is 2.29. The van der Waals surface area contributed by atoms with Gasteiger partial charge in [0.05, 0.1) is 12.2 Å². The summed E-state index contributed by atoms with van der Waals surface area (Å²) in [7, 11) is 0. The summed E-state index contributed by atoms with van der Waals surface area (Å²) in [5.41, 5.74) is 3.13. The maximum atomic E-state index is 12.1. The molecule has 144 valence electrons. The number of esters is 1. The molecular weight excluding hydrogens is 346 g/mol. The average Bonchev–Trinajstić information content (AvgIpc) is 2.66. The van der Waals surface area contributed by atoms with Gasteiger partial charge < -0.3 is 19.5 Å². The van der Waals surface area contributed by atoms with Crippen LogP contribution in [0.3, 0.4) is 0 Å². The highest BCUT2D eigenvalue weighted by Crippen LogP contribution is 2.17. The van der Waals surface area contributed by atoms with Crippen LogP contribution in [-0.2, 0) is 14.3 Å². The number of rotatable bonds is 9. The van der Waals surface area contributed by atoms with E-state index in [2.05, 4.69) is 5.32 Å². The van der Waals surface area contributed by atoms with E-state index in [0.717, 1.165) is 11.1 Å². The van der Waals surface area contributed by atoms with Gasteiger partial charge in [0.1, 0.15) is 12.4 Å². The van der Waals surface area contributed by atoms with Crippen LogP contribution in [0.4, 0.5) is 5.69 Å². The lowest BCUT2D eigenvalue weighted by atomic mass is 10.1. The second-order valence-corrected chi connectivity index (χ2v) is 6.00. The van der Waals surface area contributed by atoms with Crippen molar-refractivity contribution in [2.75, 3.05) is 31.7 Å². The number of aryl methyl sites for hydroxylation is 2. The lowest BCUT2D eigenvalue weighted by molar-refractivity contribution is -0.118. The van der Waals surface area contributed by atoms with Crippen molar-refractivity contribution in [1.29, 1.82) is 0 Å². The SMILES string of the molecule is CCOCCOC(=O)c1cccc(NC(=O)COc2ccc(C)c(C)c2)c1. The molecule has 0 aromatic heterocycles. The lowest BCUT2D eigenvalue weighted by Gasteiger charge is -2.10. The first kappa shape index (κ1) is 20.5. The zero-order valence-electron chi connectivity index (χ0n) is 15.9. The fraction of sp³-hybridized carbons (Fsp3) is 0.333. The Bertz CT molecular complexity index is 788. The van der Waals surface area contributed by atoms with E-state index in [-0.39, 0.29) is 19.1 Å². The molecule has 0 aliphatic carbocycles. The van der Waals surface area contributed by atoms with Crippen molar-refractivity contribution < 1.29 is 23.8 Å². The summed E-state index contributed by atoms with van der Waals surface area (Å²) >= 11 is 0. The number of benzene rings is 2. The van der Waals surface area contributed by atoms with Crippen LogP contribution in [0.2, 0.25) is 0 Å². The molecule has 0 atom stereocenters. The number of hydrogen-bond acceptors (Lipinski definition) is 5. The lowest BCUT2D eigenvalue weighted by Crippen LogP contribution is -2.20. The van der Waals surface area contributed by atoms with Crippen LogP contribution >= 0.6 is 0 Å². The third kappa shape index (κ3) is 6.75. The zero-order valence-corrected chi connectivity index (χ0v) is 15.9. The van der Waals surface area contributed by atoms with Crippen molar-refractivity contribution in [3.05, 3.63) is 59.2 Å². The first-order valence-electron chi connectivity index (χ1n) is 8.84. The van der Waals surface area contributed by atoms with E-state index in [1.165, 1.54) is 0 Å². The molecule has 1 amide bonds. The molecule has 0 bridgehead atoms. The molecule has 2 aromatic carbocycles. The van der Waals surface area contributed by atoms with Crippen LogP contribution in [0.25, 0.3) is 0 Å². The standard InChI is InChI=1S/C21H25NO5/c1-4-25-10-11-26-21(24)17-6-5-7-18(13-17)22-20(23)14-27-19-9-8-15(2)16(3)12-19/h5-9,12-13H,4,10-11,14H2,1-3H3,(H,22,23). The smallest absolute Gasteiger partial charge is 0.338 e. The monoisotopic (exact) mass is 371 g/mol.